The lowest BCUT2D eigenvalue weighted by molar-refractivity contribution is 0.207. The molecule has 1 fully saturated rings. The first-order valence-electron chi connectivity index (χ1n) is 5.95. The number of benzene rings is 1. The van der Waals surface area contributed by atoms with Crippen LogP contribution < -0.4 is 11.1 Å². The molecule has 1 saturated heterocycles. The average Bonchev–Trinajstić information content (AvgIpc) is 2.59. The van der Waals surface area contributed by atoms with E-state index in [1.165, 1.54) is 0 Å². The van der Waals surface area contributed by atoms with Gasteiger partial charge in [-0.3, -0.25) is 0 Å². The van der Waals surface area contributed by atoms with E-state index in [2.05, 4.69) is 5.32 Å². The lowest BCUT2D eigenvalue weighted by atomic mass is 10.1. The zero-order valence-electron chi connectivity index (χ0n) is 10.6. The van der Waals surface area contributed by atoms with Gasteiger partial charge in [-0.05, 0) is 31.5 Å². The summed E-state index contributed by atoms with van der Waals surface area (Å²) in [6, 6.07) is 7.48. The first-order chi connectivity index (χ1) is 8.35. The summed E-state index contributed by atoms with van der Waals surface area (Å²) in [5, 5.41) is 3.65. The number of hydrogen-bond acceptors (Lipinski definition) is 2. The predicted molar refractivity (Wildman–Crippen MR) is 72.6 cm³/mol. The maximum atomic E-state index is 11.8. The minimum absolute atomic E-state index is 0.0112. The third kappa shape index (κ3) is 3.15. The van der Waals surface area contributed by atoms with Crippen LogP contribution in [-0.4, -0.2) is 29.6 Å². The first-order valence-corrected chi connectivity index (χ1v) is 6.33. The molecule has 4 nitrogen and oxygen atoms in total. The molecule has 1 atom stereocenters. The van der Waals surface area contributed by atoms with E-state index in [-0.39, 0.29) is 17.6 Å². The molecule has 1 aromatic rings. The fourth-order valence-corrected chi connectivity index (χ4v) is 2.23. The van der Waals surface area contributed by atoms with E-state index in [4.69, 9.17) is 17.3 Å². The second kappa shape index (κ2) is 4.78. The number of nitrogens with two attached hydrogens (primary N) is 1. The Labute approximate surface area is 112 Å². The van der Waals surface area contributed by atoms with Crippen LogP contribution in [0.4, 0.5) is 4.79 Å². The van der Waals surface area contributed by atoms with E-state index < -0.39 is 0 Å². The normalized spacial score (nSPS) is 20.1. The average molecular weight is 268 g/mol. The molecule has 18 heavy (non-hydrogen) atoms. The summed E-state index contributed by atoms with van der Waals surface area (Å²) >= 11 is 5.85. The summed E-state index contributed by atoms with van der Waals surface area (Å²) in [5.41, 5.74) is 6.62. The van der Waals surface area contributed by atoms with Gasteiger partial charge in [0.05, 0.1) is 6.04 Å². The van der Waals surface area contributed by atoms with E-state index in [1.807, 2.05) is 38.1 Å². The Morgan fingerprint density at radius 1 is 1.44 bits per heavy atom. The molecular formula is C13H18ClN3O. The van der Waals surface area contributed by atoms with Gasteiger partial charge in [0.1, 0.15) is 0 Å². The Morgan fingerprint density at radius 2 is 2.06 bits per heavy atom. The van der Waals surface area contributed by atoms with Gasteiger partial charge in [0.25, 0.3) is 0 Å². The summed E-state index contributed by atoms with van der Waals surface area (Å²) in [5.74, 6) is 0. The van der Waals surface area contributed by atoms with Gasteiger partial charge in [-0.15, -0.1) is 0 Å². The van der Waals surface area contributed by atoms with Crippen LogP contribution in [0.25, 0.3) is 0 Å². The molecular weight excluding hydrogens is 250 g/mol. The maximum Gasteiger partial charge on any atom is 0.318 e. The molecule has 0 spiro atoms. The molecule has 0 aromatic heterocycles. The van der Waals surface area contributed by atoms with Gasteiger partial charge < -0.3 is 16.0 Å². The molecule has 98 valence electrons. The standard InChI is InChI=1S/C13H18ClN3O/c1-13(2,15)8-17-7-11(16-12(17)18)9-3-5-10(14)6-4-9/h3-6,11H,7-8,15H2,1-2H3,(H,16,18). The third-order valence-corrected chi connectivity index (χ3v) is 3.11. The van der Waals surface area contributed by atoms with Crippen molar-refractivity contribution < 1.29 is 4.79 Å². The highest BCUT2D eigenvalue weighted by molar-refractivity contribution is 6.30. The van der Waals surface area contributed by atoms with Crippen LogP contribution in [0.2, 0.25) is 5.02 Å². The summed E-state index contributed by atoms with van der Waals surface area (Å²) in [4.78, 5) is 13.6. The summed E-state index contributed by atoms with van der Waals surface area (Å²) in [6.07, 6.45) is 0. The van der Waals surface area contributed by atoms with Crippen molar-refractivity contribution in [1.29, 1.82) is 0 Å². The van der Waals surface area contributed by atoms with Crippen molar-refractivity contribution in [3.8, 4) is 0 Å². The number of amides is 2. The highest BCUT2D eigenvalue weighted by Gasteiger charge is 2.32. The van der Waals surface area contributed by atoms with Crippen LogP contribution in [0.5, 0.6) is 0 Å². The Balaban J connectivity index is 2.06. The number of hydrogen-bond donors (Lipinski definition) is 2. The number of nitrogens with one attached hydrogen (secondary N) is 1. The van der Waals surface area contributed by atoms with Crippen LogP contribution in [0.3, 0.4) is 0 Å². The van der Waals surface area contributed by atoms with Crippen molar-refractivity contribution in [2.75, 3.05) is 13.1 Å². The highest BCUT2D eigenvalue weighted by Crippen LogP contribution is 2.22. The smallest absolute Gasteiger partial charge is 0.318 e. The monoisotopic (exact) mass is 267 g/mol. The molecule has 1 aliphatic rings. The fourth-order valence-electron chi connectivity index (χ4n) is 2.10. The number of carbonyl (C=O) groups is 1. The highest BCUT2D eigenvalue weighted by atomic mass is 35.5. The molecule has 0 aliphatic carbocycles. The topological polar surface area (TPSA) is 58.4 Å². The summed E-state index contributed by atoms with van der Waals surface area (Å²) in [7, 11) is 0. The predicted octanol–water partition coefficient (Wildman–Crippen LogP) is 2.14. The molecule has 1 aliphatic heterocycles. The zero-order valence-corrected chi connectivity index (χ0v) is 11.4. The van der Waals surface area contributed by atoms with Crippen LogP contribution in [0, 0.1) is 0 Å². The Bertz CT molecular complexity index is 439. The fraction of sp³-hybridized carbons (Fsp3) is 0.462. The van der Waals surface area contributed by atoms with Gasteiger partial charge in [-0.25, -0.2) is 4.79 Å². The quantitative estimate of drug-likeness (QED) is 0.882. The van der Waals surface area contributed by atoms with Gasteiger partial charge >= 0.3 is 6.03 Å². The Morgan fingerprint density at radius 3 is 2.61 bits per heavy atom. The second-order valence-electron chi connectivity index (χ2n) is 5.42. The number of halogens is 1. The zero-order chi connectivity index (χ0) is 13.3. The SMILES string of the molecule is CC(C)(N)CN1CC(c2ccc(Cl)cc2)NC1=O. The third-order valence-electron chi connectivity index (χ3n) is 2.86. The molecule has 1 heterocycles. The number of carbonyl (C=O) groups excluding carboxylic acids is 1. The maximum absolute atomic E-state index is 11.8. The van der Waals surface area contributed by atoms with E-state index in [0.29, 0.717) is 18.1 Å². The molecule has 1 aromatic carbocycles. The largest absolute Gasteiger partial charge is 0.329 e. The lowest BCUT2D eigenvalue weighted by Crippen LogP contribution is -2.46. The summed E-state index contributed by atoms with van der Waals surface area (Å²) in [6.45, 7) is 5.01. The van der Waals surface area contributed by atoms with Crippen LogP contribution in [0.15, 0.2) is 24.3 Å². The van der Waals surface area contributed by atoms with E-state index in [9.17, 15) is 4.79 Å². The Hall–Kier alpha value is -1.26. The minimum atomic E-state index is -0.383. The number of urea groups is 1. The Kier molecular flexibility index (Phi) is 3.50. The van der Waals surface area contributed by atoms with E-state index in [0.717, 1.165) is 5.56 Å². The van der Waals surface area contributed by atoms with Crippen molar-refractivity contribution in [3.05, 3.63) is 34.9 Å². The van der Waals surface area contributed by atoms with Crippen molar-refractivity contribution in [1.82, 2.24) is 10.2 Å². The molecule has 0 bridgehead atoms. The first kappa shape index (κ1) is 13.2. The lowest BCUT2D eigenvalue weighted by Gasteiger charge is -2.25. The van der Waals surface area contributed by atoms with Gasteiger partial charge in [0.15, 0.2) is 0 Å². The van der Waals surface area contributed by atoms with Gasteiger partial charge in [0, 0.05) is 23.7 Å². The van der Waals surface area contributed by atoms with E-state index >= 15 is 0 Å². The molecule has 2 rings (SSSR count). The van der Waals surface area contributed by atoms with Crippen LogP contribution >= 0.6 is 11.6 Å². The van der Waals surface area contributed by atoms with Crippen molar-refractivity contribution >= 4 is 17.6 Å². The number of nitrogens with zero attached hydrogens (tertiary/aromatic N) is 1. The molecule has 3 N–H and O–H groups in total. The van der Waals surface area contributed by atoms with Crippen molar-refractivity contribution in [2.45, 2.75) is 25.4 Å². The van der Waals surface area contributed by atoms with Crippen LogP contribution in [-0.2, 0) is 0 Å². The minimum Gasteiger partial charge on any atom is -0.329 e. The van der Waals surface area contributed by atoms with Crippen molar-refractivity contribution in [3.63, 3.8) is 0 Å². The molecule has 1 unspecified atom stereocenters. The molecule has 2 amide bonds. The molecule has 5 heteroatoms. The summed E-state index contributed by atoms with van der Waals surface area (Å²) < 4.78 is 0. The van der Waals surface area contributed by atoms with Gasteiger partial charge in [-0.2, -0.15) is 0 Å². The van der Waals surface area contributed by atoms with Gasteiger partial charge in [-0.1, -0.05) is 23.7 Å². The second-order valence-corrected chi connectivity index (χ2v) is 5.86. The van der Waals surface area contributed by atoms with Gasteiger partial charge in [0.2, 0.25) is 0 Å². The van der Waals surface area contributed by atoms with E-state index in [1.54, 1.807) is 4.90 Å². The van der Waals surface area contributed by atoms with Crippen molar-refractivity contribution in [2.24, 2.45) is 5.73 Å². The number of rotatable bonds is 3. The molecule has 0 saturated carbocycles. The van der Waals surface area contributed by atoms with Crippen LogP contribution in [0.1, 0.15) is 25.5 Å². The molecule has 0 radical (unpaired) electrons.